The first-order valence-electron chi connectivity index (χ1n) is 9.87. The molecule has 0 radical (unpaired) electrons. The molecule has 8 heteroatoms. The van der Waals surface area contributed by atoms with Gasteiger partial charge >= 0.3 is 0 Å². The Labute approximate surface area is 161 Å². The van der Waals surface area contributed by atoms with Gasteiger partial charge in [0.1, 0.15) is 0 Å². The summed E-state index contributed by atoms with van der Waals surface area (Å²) in [5.74, 6) is 2.34. The second-order valence-corrected chi connectivity index (χ2v) is 11.4. The highest BCUT2D eigenvalue weighted by Crippen LogP contribution is 2.29. The van der Waals surface area contributed by atoms with E-state index in [1.807, 2.05) is 16.6 Å². The first-order valence-corrected chi connectivity index (χ1v) is 11.7. The predicted molar refractivity (Wildman–Crippen MR) is 105 cm³/mol. The highest BCUT2D eigenvalue weighted by atomic mass is 32.2. The molecular formula is C19H29N5O2S. The Kier molecular flexibility index (Phi) is 4.74. The zero-order valence-electron chi connectivity index (χ0n) is 16.4. The van der Waals surface area contributed by atoms with Gasteiger partial charge in [-0.15, -0.1) is 10.2 Å². The fraction of sp³-hybridized carbons (Fsp3) is 0.737. The Morgan fingerprint density at radius 3 is 2.48 bits per heavy atom. The highest BCUT2D eigenvalue weighted by Gasteiger charge is 2.31. The van der Waals surface area contributed by atoms with Crippen molar-refractivity contribution in [2.24, 2.45) is 5.92 Å². The molecule has 4 heterocycles. The molecule has 2 fully saturated rings. The number of piperidine rings is 1. The van der Waals surface area contributed by atoms with Gasteiger partial charge in [-0.25, -0.2) is 8.42 Å². The van der Waals surface area contributed by atoms with E-state index in [2.05, 4.69) is 35.9 Å². The predicted octanol–water partition coefficient (Wildman–Crippen LogP) is 2.04. The number of fused-ring (bicyclic) bond motifs is 1. The van der Waals surface area contributed by atoms with Crippen molar-refractivity contribution in [3.05, 3.63) is 23.7 Å². The molecule has 27 heavy (non-hydrogen) atoms. The first-order chi connectivity index (χ1) is 12.7. The molecular weight excluding hydrogens is 362 g/mol. The normalized spacial score (nSPS) is 24.6. The molecule has 0 amide bonds. The third-order valence-electron chi connectivity index (χ3n) is 5.85. The van der Waals surface area contributed by atoms with Gasteiger partial charge in [0.15, 0.2) is 21.3 Å². The second-order valence-electron chi connectivity index (χ2n) is 9.14. The van der Waals surface area contributed by atoms with Crippen LogP contribution < -0.4 is 0 Å². The van der Waals surface area contributed by atoms with Gasteiger partial charge in [-0.1, -0.05) is 20.8 Å². The molecule has 0 aliphatic carbocycles. The van der Waals surface area contributed by atoms with Crippen molar-refractivity contribution < 1.29 is 8.42 Å². The monoisotopic (exact) mass is 391 g/mol. The van der Waals surface area contributed by atoms with Gasteiger partial charge in [0.25, 0.3) is 0 Å². The van der Waals surface area contributed by atoms with Crippen molar-refractivity contribution >= 4 is 15.5 Å². The standard InChI is InChI=1S/C19H29N5O2S/c1-19(2,3)16-4-5-17-20-21-18(24(17)22-16)15-6-9-23(10-7-15)12-14-8-11-27(25,26)13-14/h4-5,14-15H,6-13H2,1-3H3. The van der Waals surface area contributed by atoms with Crippen LogP contribution in [-0.2, 0) is 15.3 Å². The lowest BCUT2D eigenvalue weighted by molar-refractivity contribution is 0.185. The summed E-state index contributed by atoms with van der Waals surface area (Å²) in [4.78, 5) is 2.42. The molecule has 2 aromatic rings. The SMILES string of the molecule is CC(C)(C)c1ccc2nnc(C3CCN(CC4CCS(=O)(=O)C4)CC3)n2n1. The summed E-state index contributed by atoms with van der Waals surface area (Å²) in [6.07, 6.45) is 2.85. The molecule has 0 saturated carbocycles. The van der Waals surface area contributed by atoms with E-state index < -0.39 is 9.84 Å². The number of aromatic nitrogens is 4. The molecule has 0 bridgehead atoms. The van der Waals surface area contributed by atoms with Gasteiger partial charge in [-0.05, 0) is 50.4 Å². The van der Waals surface area contributed by atoms with Gasteiger partial charge < -0.3 is 4.90 Å². The van der Waals surface area contributed by atoms with Crippen molar-refractivity contribution in [1.29, 1.82) is 0 Å². The molecule has 0 N–H and O–H groups in total. The zero-order valence-corrected chi connectivity index (χ0v) is 17.2. The minimum absolute atomic E-state index is 0.0132. The van der Waals surface area contributed by atoms with Crippen molar-refractivity contribution in [2.75, 3.05) is 31.1 Å². The topological polar surface area (TPSA) is 80.5 Å². The van der Waals surface area contributed by atoms with E-state index in [0.29, 0.717) is 23.3 Å². The number of nitrogens with zero attached hydrogens (tertiary/aromatic N) is 5. The Morgan fingerprint density at radius 1 is 1.11 bits per heavy atom. The number of likely N-dealkylation sites (tertiary alicyclic amines) is 1. The van der Waals surface area contributed by atoms with Crippen LogP contribution in [0.25, 0.3) is 5.65 Å². The smallest absolute Gasteiger partial charge is 0.177 e. The maximum Gasteiger partial charge on any atom is 0.177 e. The minimum atomic E-state index is -2.79. The summed E-state index contributed by atoms with van der Waals surface area (Å²) in [7, 11) is -2.79. The van der Waals surface area contributed by atoms with Crippen LogP contribution in [0.2, 0.25) is 0 Å². The Morgan fingerprint density at radius 2 is 1.85 bits per heavy atom. The van der Waals surface area contributed by atoms with Crippen LogP contribution in [0.15, 0.2) is 12.1 Å². The van der Waals surface area contributed by atoms with Gasteiger partial charge in [-0.2, -0.15) is 9.61 Å². The number of hydrogen-bond donors (Lipinski definition) is 0. The lowest BCUT2D eigenvalue weighted by Gasteiger charge is -2.32. The van der Waals surface area contributed by atoms with E-state index in [4.69, 9.17) is 5.10 Å². The van der Waals surface area contributed by atoms with Gasteiger partial charge in [0.2, 0.25) is 0 Å². The van der Waals surface area contributed by atoms with Crippen LogP contribution in [-0.4, -0.2) is 64.3 Å². The van der Waals surface area contributed by atoms with Crippen LogP contribution in [0.5, 0.6) is 0 Å². The van der Waals surface area contributed by atoms with E-state index in [9.17, 15) is 8.42 Å². The Balaban J connectivity index is 1.44. The van der Waals surface area contributed by atoms with Crippen molar-refractivity contribution in [3.8, 4) is 0 Å². The first kappa shape index (κ1) is 18.8. The van der Waals surface area contributed by atoms with E-state index in [1.54, 1.807) is 0 Å². The van der Waals surface area contributed by atoms with Gasteiger partial charge in [0.05, 0.1) is 17.2 Å². The van der Waals surface area contributed by atoms with Crippen LogP contribution >= 0.6 is 0 Å². The molecule has 2 saturated heterocycles. The van der Waals surface area contributed by atoms with Gasteiger partial charge in [0, 0.05) is 17.9 Å². The summed E-state index contributed by atoms with van der Waals surface area (Å²) in [6, 6.07) is 4.03. The van der Waals surface area contributed by atoms with Gasteiger partial charge in [-0.3, -0.25) is 0 Å². The molecule has 0 spiro atoms. The maximum absolute atomic E-state index is 11.7. The average molecular weight is 392 g/mol. The van der Waals surface area contributed by atoms with Crippen LogP contribution in [0.4, 0.5) is 0 Å². The minimum Gasteiger partial charge on any atom is -0.303 e. The summed E-state index contributed by atoms with van der Waals surface area (Å²) in [5, 5.41) is 13.6. The number of sulfone groups is 1. The Bertz CT molecular complexity index is 923. The third-order valence-corrected chi connectivity index (χ3v) is 7.69. The lowest BCUT2D eigenvalue weighted by atomic mass is 9.92. The average Bonchev–Trinajstić information content (AvgIpc) is 3.17. The van der Waals surface area contributed by atoms with Crippen LogP contribution in [0, 0.1) is 5.92 Å². The maximum atomic E-state index is 11.7. The number of rotatable bonds is 3. The summed E-state index contributed by atoms with van der Waals surface area (Å²) in [6.45, 7) is 9.34. The van der Waals surface area contributed by atoms with Crippen molar-refractivity contribution in [3.63, 3.8) is 0 Å². The molecule has 1 atom stereocenters. The van der Waals surface area contributed by atoms with Crippen molar-refractivity contribution in [2.45, 2.75) is 51.4 Å². The quantitative estimate of drug-likeness (QED) is 0.796. The fourth-order valence-electron chi connectivity index (χ4n) is 4.21. The highest BCUT2D eigenvalue weighted by molar-refractivity contribution is 7.91. The third kappa shape index (κ3) is 4.01. The molecule has 0 aromatic carbocycles. The van der Waals surface area contributed by atoms with E-state index >= 15 is 0 Å². The molecule has 2 aliphatic rings. The molecule has 148 valence electrons. The Hall–Kier alpha value is -1.54. The number of hydrogen-bond acceptors (Lipinski definition) is 6. The van der Waals surface area contributed by atoms with Crippen molar-refractivity contribution in [1.82, 2.24) is 24.7 Å². The van der Waals surface area contributed by atoms with E-state index in [0.717, 1.165) is 56.1 Å². The van der Waals surface area contributed by atoms with E-state index in [-0.39, 0.29) is 5.41 Å². The largest absolute Gasteiger partial charge is 0.303 e. The molecule has 2 aliphatic heterocycles. The lowest BCUT2D eigenvalue weighted by Crippen LogP contribution is -2.37. The summed E-state index contributed by atoms with van der Waals surface area (Å²) >= 11 is 0. The van der Waals surface area contributed by atoms with Crippen LogP contribution in [0.1, 0.15) is 57.5 Å². The molecule has 4 rings (SSSR count). The molecule has 7 nitrogen and oxygen atoms in total. The molecule has 1 unspecified atom stereocenters. The van der Waals surface area contributed by atoms with E-state index in [1.165, 1.54) is 0 Å². The molecule has 2 aromatic heterocycles. The van der Waals surface area contributed by atoms with Crippen LogP contribution in [0.3, 0.4) is 0 Å². The second kappa shape index (κ2) is 6.81. The summed E-state index contributed by atoms with van der Waals surface area (Å²) in [5.41, 5.74) is 1.83. The summed E-state index contributed by atoms with van der Waals surface area (Å²) < 4.78 is 25.3. The fourth-order valence-corrected chi connectivity index (χ4v) is 6.06. The zero-order chi connectivity index (χ0) is 19.2.